The van der Waals surface area contributed by atoms with Crippen LogP contribution in [0.1, 0.15) is 28.8 Å². The Morgan fingerprint density at radius 3 is 2.83 bits per heavy atom. The van der Waals surface area contributed by atoms with E-state index in [1.54, 1.807) is 25.1 Å². The van der Waals surface area contributed by atoms with Gasteiger partial charge >= 0.3 is 0 Å². The van der Waals surface area contributed by atoms with Crippen LogP contribution in [-0.4, -0.2) is 21.5 Å². The van der Waals surface area contributed by atoms with E-state index in [2.05, 4.69) is 10.4 Å². The summed E-state index contributed by atoms with van der Waals surface area (Å²) in [6, 6.07) is 4.93. The van der Waals surface area contributed by atoms with Crippen molar-refractivity contribution in [2.24, 2.45) is 0 Å². The zero-order chi connectivity index (χ0) is 16.7. The second kappa shape index (κ2) is 5.79. The molecule has 1 atom stereocenters. The number of hydrogen-bond donors (Lipinski definition) is 1. The Hall–Kier alpha value is -2.18. The molecule has 0 bridgehead atoms. The molecule has 1 amide bonds. The number of halogens is 2. The zero-order valence-electron chi connectivity index (χ0n) is 12.0. The first kappa shape index (κ1) is 15.7. The predicted molar refractivity (Wildman–Crippen MR) is 86.3 cm³/mol. The van der Waals surface area contributed by atoms with E-state index in [0.29, 0.717) is 11.3 Å². The number of carbonyl (C=O) groups is 2. The van der Waals surface area contributed by atoms with Crippen molar-refractivity contribution in [2.45, 2.75) is 19.4 Å². The molecule has 23 heavy (non-hydrogen) atoms. The van der Waals surface area contributed by atoms with Crippen LogP contribution in [0.25, 0.3) is 0 Å². The van der Waals surface area contributed by atoms with Gasteiger partial charge in [-0.3, -0.25) is 14.4 Å². The SMILES string of the molecule is C[C@H]1C(=O)Nc2ccc(C(=O)Cn3ncc(Cl)c(Cl)c3=O)cc21. The van der Waals surface area contributed by atoms with Gasteiger partial charge in [-0.25, -0.2) is 4.68 Å². The van der Waals surface area contributed by atoms with Gasteiger partial charge in [0.15, 0.2) is 5.78 Å². The number of carbonyl (C=O) groups excluding carboxylic acids is 2. The Balaban J connectivity index is 1.90. The minimum atomic E-state index is -0.626. The van der Waals surface area contributed by atoms with Crippen molar-refractivity contribution in [2.75, 3.05) is 5.32 Å². The molecular weight excluding hydrogens is 341 g/mol. The van der Waals surface area contributed by atoms with Crippen LogP contribution in [0.2, 0.25) is 10.0 Å². The van der Waals surface area contributed by atoms with Gasteiger partial charge in [-0.2, -0.15) is 5.10 Å². The van der Waals surface area contributed by atoms with E-state index in [0.717, 1.165) is 10.2 Å². The summed E-state index contributed by atoms with van der Waals surface area (Å²) in [5, 5.41) is 6.40. The van der Waals surface area contributed by atoms with Crippen molar-refractivity contribution < 1.29 is 9.59 Å². The van der Waals surface area contributed by atoms with Crippen molar-refractivity contribution in [3.63, 3.8) is 0 Å². The Morgan fingerprint density at radius 2 is 2.09 bits per heavy atom. The van der Waals surface area contributed by atoms with Crippen LogP contribution in [-0.2, 0) is 11.3 Å². The summed E-state index contributed by atoms with van der Waals surface area (Å²) in [6.07, 6.45) is 1.21. The molecule has 0 radical (unpaired) electrons. The highest BCUT2D eigenvalue weighted by molar-refractivity contribution is 6.41. The fourth-order valence-corrected chi connectivity index (χ4v) is 2.65. The maximum absolute atomic E-state index is 12.4. The lowest BCUT2D eigenvalue weighted by Gasteiger charge is -2.07. The fraction of sp³-hybridized carbons (Fsp3) is 0.200. The molecule has 1 aromatic carbocycles. The zero-order valence-corrected chi connectivity index (χ0v) is 13.5. The summed E-state index contributed by atoms with van der Waals surface area (Å²) in [6.45, 7) is 1.50. The molecular formula is C15H11Cl2N3O3. The molecule has 8 heteroatoms. The molecule has 1 aliphatic rings. The Morgan fingerprint density at radius 1 is 1.35 bits per heavy atom. The maximum Gasteiger partial charge on any atom is 0.287 e. The number of ketones is 1. The van der Waals surface area contributed by atoms with Crippen LogP contribution in [0.4, 0.5) is 5.69 Å². The number of amides is 1. The van der Waals surface area contributed by atoms with Gasteiger partial charge < -0.3 is 5.32 Å². The van der Waals surface area contributed by atoms with E-state index in [4.69, 9.17) is 23.2 Å². The number of fused-ring (bicyclic) bond motifs is 1. The minimum Gasteiger partial charge on any atom is -0.325 e. The Kier molecular flexibility index (Phi) is 3.95. The minimum absolute atomic E-state index is 0.0382. The third kappa shape index (κ3) is 2.75. The number of nitrogens with zero attached hydrogens (tertiary/aromatic N) is 2. The van der Waals surface area contributed by atoms with Gasteiger partial charge in [-0.15, -0.1) is 0 Å². The van der Waals surface area contributed by atoms with Crippen molar-refractivity contribution in [1.82, 2.24) is 9.78 Å². The molecule has 3 rings (SSSR count). The van der Waals surface area contributed by atoms with Crippen LogP contribution < -0.4 is 10.9 Å². The van der Waals surface area contributed by atoms with Crippen LogP contribution >= 0.6 is 23.2 Å². The molecule has 6 nitrogen and oxygen atoms in total. The highest BCUT2D eigenvalue weighted by Gasteiger charge is 2.27. The summed E-state index contributed by atoms with van der Waals surface area (Å²) in [7, 11) is 0. The fourth-order valence-electron chi connectivity index (χ4n) is 2.38. The van der Waals surface area contributed by atoms with Crippen molar-refractivity contribution in [1.29, 1.82) is 0 Å². The van der Waals surface area contributed by atoms with Crippen LogP contribution in [0.15, 0.2) is 29.2 Å². The van der Waals surface area contributed by atoms with Gasteiger partial charge in [-0.05, 0) is 30.7 Å². The number of nitrogens with one attached hydrogen (secondary N) is 1. The van der Waals surface area contributed by atoms with Crippen LogP contribution in [0, 0.1) is 0 Å². The molecule has 2 heterocycles. The van der Waals surface area contributed by atoms with Crippen LogP contribution in [0.3, 0.4) is 0 Å². The topological polar surface area (TPSA) is 81.1 Å². The number of rotatable bonds is 3. The Labute approximate surface area is 141 Å². The standard InChI is InChI=1S/C15H11Cl2N3O3/c1-7-9-4-8(2-3-11(9)19-14(7)22)12(21)6-20-15(23)13(17)10(16)5-18-20/h2-5,7H,6H2,1H3,(H,19,22)/t7-/m1/s1. The molecule has 0 saturated carbocycles. The summed E-state index contributed by atoms with van der Waals surface area (Å²) >= 11 is 11.5. The third-order valence-electron chi connectivity index (χ3n) is 3.73. The summed E-state index contributed by atoms with van der Waals surface area (Å²) in [5.74, 6) is -0.733. The lowest BCUT2D eigenvalue weighted by atomic mass is 9.99. The Bertz CT molecular complexity index is 892. The molecule has 0 aliphatic carbocycles. The van der Waals surface area contributed by atoms with E-state index in [-0.39, 0.29) is 34.2 Å². The molecule has 2 aromatic rings. The van der Waals surface area contributed by atoms with Gasteiger partial charge in [-0.1, -0.05) is 23.2 Å². The first-order valence-corrected chi connectivity index (χ1v) is 7.53. The van der Waals surface area contributed by atoms with Gasteiger partial charge in [0.1, 0.15) is 11.6 Å². The number of benzene rings is 1. The monoisotopic (exact) mass is 351 g/mol. The molecule has 1 aromatic heterocycles. The van der Waals surface area contributed by atoms with E-state index in [1.165, 1.54) is 6.20 Å². The average Bonchev–Trinajstić information content (AvgIpc) is 2.82. The van der Waals surface area contributed by atoms with E-state index < -0.39 is 5.56 Å². The van der Waals surface area contributed by atoms with Gasteiger partial charge in [0.25, 0.3) is 5.56 Å². The van der Waals surface area contributed by atoms with Crippen LogP contribution in [0.5, 0.6) is 0 Å². The lowest BCUT2D eigenvalue weighted by molar-refractivity contribution is -0.116. The van der Waals surface area contributed by atoms with Crippen molar-refractivity contribution in [3.8, 4) is 0 Å². The summed E-state index contributed by atoms with van der Waals surface area (Å²) in [4.78, 5) is 35.9. The second-order valence-electron chi connectivity index (χ2n) is 5.21. The predicted octanol–water partition coefficient (Wildman–Crippen LogP) is 2.49. The lowest BCUT2D eigenvalue weighted by Crippen LogP contribution is -2.27. The molecule has 1 N–H and O–H groups in total. The number of Topliss-reactive ketones (excluding diaryl/α,β-unsaturated/α-hetero) is 1. The number of aromatic nitrogens is 2. The smallest absolute Gasteiger partial charge is 0.287 e. The highest BCUT2D eigenvalue weighted by atomic mass is 35.5. The summed E-state index contributed by atoms with van der Waals surface area (Å²) < 4.78 is 0.955. The first-order chi connectivity index (χ1) is 10.9. The van der Waals surface area contributed by atoms with Crippen molar-refractivity contribution >= 4 is 40.6 Å². The van der Waals surface area contributed by atoms with Gasteiger partial charge in [0, 0.05) is 11.3 Å². The molecule has 0 spiro atoms. The maximum atomic E-state index is 12.4. The average molecular weight is 352 g/mol. The van der Waals surface area contributed by atoms with Gasteiger partial charge in [0.2, 0.25) is 5.91 Å². The molecule has 118 valence electrons. The van der Waals surface area contributed by atoms with E-state index in [9.17, 15) is 14.4 Å². The highest BCUT2D eigenvalue weighted by Crippen LogP contribution is 2.32. The normalized spacial score (nSPS) is 16.1. The van der Waals surface area contributed by atoms with E-state index >= 15 is 0 Å². The third-order valence-corrected chi connectivity index (χ3v) is 4.48. The van der Waals surface area contributed by atoms with Crippen molar-refractivity contribution in [3.05, 3.63) is 55.9 Å². The molecule has 0 unspecified atom stereocenters. The first-order valence-electron chi connectivity index (χ1n) is 6.77. The molecule has 0 saturated heterocycles. The summed E-state index contributed by atoms with van der Waals surface area (Å²) in [5.41, 5.74) is 1.23. The van der Waals surface area contributed by atoms with Gasteiger partial charge in [0.05, 0.1) is 17.1 Å². The largest absolute Gasteiger partial charge is 0.325 e. The molecule has 0 fully saturated rings. The second-order valence-corrected chi connectivity index (χ2v) is 5.99. The van der Waals surface area contributed by atoms with E-state index in [1.807, 2.05) is 0 Å². The quantitative estimate of drug-likeness (QED) is 0.861. The molecule has 1 aliphatic heterocycles. The number of hydrogen-bond acceptors (Lipinski definition) is 4. The number of anilines is 1.